The summed E-state index contributed by atoms with van der Waals surface area (Å²) in [6.07, 6.45) is 5.54. The Morgan fingerprint density at radius 2 is 2.14 bits per heavy atom. The molecule has 1 aromatic heterocycles. The lowest BCUT2D eigenvalue weighted by Crippen LogP contribution is -2.82. The molecule has 1 saturated heterocycles. The highest BCUT2D eigenvalue weighted by Gasteiger charge is 2.70. The predicted octanol–water partition coefficient (Wildman–Crippen LogP) is 1.57. The Bertz CT molecular complexity index is 560. The number of fused-ring (bicyclic) bond motifs is 1. The van der Waals surface area contributed by atoms with Crippen molar-refractivity contribution in [3.05, 3.63) is 30.1 Å². The molecule has 2 aliphatic rings. The fourth-order valence-corrected chi connectivity index (χ4v) is 4.16. The first-order chi connectivity index (χ1) is 10.4. The van der Waals surface area contributed by atoms with E-state index >= 15 is 0 Å². The normalized spacial score (nSPS) is 32.7. The zero-order valence-electron chi connectivity index (χ0n) is 13.6. The summed E-state index contributed by atoms with van der Waals surface area (Å²) in [5.74, 6) is 0.143. The van der Waals surface area contributed by atoms with Crippen molar-refractivity contribution in [1.82, 2.24) is 9.88 Å². The maximum Gasteiger partial charge on any atom is 0.243 e. The van der Waals surface area contributed by atoms with Gasteiger partial charge in [0, 0.05) is 43.9 Å². The van der Waals surface area contributed by atoms with E-state index in [0.29, 0.717) is 6.54 Å². The second-order valence-electron chi connectivity index (χ2n) is 7.15. The van der Waals surface area contributed by atoms with E-state index in [9.17, 15) is 4.79 Å². The molecule has 0 bridgehead atoms. The van der Waals surface area contributed by atoms with Gasteiger partial charge in [0.15, 0.2) is 0 Å². The van der Waals surface area contributed by atoms with Gasteiger partial charge in [0.05, 0.1) is 6.10 Å². The third-order valence-electron chi connectivity index (χ3n) is 5.55. The van der Waals surface area contributed by atoms with E-state index in [2.05, 4.69) is 18.8 Å². The van der Waals surface area contributed by atoms with Crippen molar-refractivity contribution in [2.75, 3.05) is 13.7 Å². The summed E-state index contributed by atoms with van der Waals surface area (Å²) in [5, 5.41) is 0. The van der Waals surface area contributed by atoms with E-state index in [1.54, 1.807) is 17.3 Å². The molecule has 5 nitrogen and oxygen atoms in total. The standard InChI is InChI=1S/C17H25N3O2/c1-16(2)14-13(5-4-10-22-14)17(16,18)15(21)20(3)11-12-6-8-19-9-7-12/h6-9,13-14H,4-5,10-11,18H2,1-3H3. The van der Waals surface area contributed by atoms with Crippen LogP contribution in [0.25, 0.3) is 0 Å². The number of pyridine rings is 1. The Labute approximate surface area is 131 Å². The predicted molar refractivity (Wildman–Crippen MR) is 83.9 cm³/mol. The summed E-state index contributed by atoms with van der Waals surface area (Å²) in [6, 6.07) is 3.84. The molecule has 2 N–H and O–H groups in total. The van der Waals surface area contributed by atoms with Crippen LogP contribution in [0.2, 0.25) is 0 Å². The van der Waals surface area contributed by atoms with E-state index in [1.165, 1.54) is 0 Å². The van der Waals surface area contributed by atoms with Crippen molar-refractivity contribution in [2.24, 2.45) is 17.1 Å². The summed E-state index contributed by atoms with van der Waals surface area (Å²) in [4.78, 5) is 18.8. The second kappa shape index (κ2) is 5.32. The van der Waals surface area contributed by atoms with Gasteiger partial charge in [-0.15, -0.1) is 0 Å². The Morgan fingerprint density at radius 1 is 1.45 bits per heavy atom. The van der Waals surface area contributed by atoms with Crippen LogP contribution in [0.3, 0.4) is 0 Å². The Hall–Kier alpha value is -1.46. The van der Waals surface area contributed by atoms with Gasteiger partial charge in [0.2, 0.25) is 5.91 Å². The molecule has 1 saturated carbocycles. The van der Waals surface area contributed by atoms with Gasteiger partial charge in [-0.1, -0.05) is 13.8 Å². The third kappa shape index (κ3) is 2.07. The van der Waals surface area contributed by atoms with Gasteiger partial charge in [-0.3, -0.25) is 9.78 Å². The summed E-state index contributed by atoms with van der Waals surface area (Å²) < 4.78 is 5.88. The molecule has 1 amide bonds. The maximum atomic E-state index is 13.1. The van der Waals surface area contributed by atoms with Crippen LogP contribution < -0.4 is 5.73 Å². The van der Waals surface area contributed by atoms with Crippen LogP contribution in [-0.4, -0.2) is 41.1 Å². The number of hydrogen-bond acceptors (Lipinski definition) is 4. The van der Waals surface area contributed by atoms with Crippen LogP contribution in [-0.2, 0) is 16.1 Å². The highest BCUT2D eigenvalue weighted by molar-refractivity contribution is 5.89. The number of carbonyl (C=O) groups is 1. The average Bonchev–Trinajstić information content (AvgIpc) is 2.54. The molecule has 1 aliphatic carbocycles. The fraction of sp³-hybridized carbons (Fsp3) is 0.647. The number of amides is 1. The van der Waals surface area contributed by atoms with Crippen LogP contribution in [0.4, 0.5) is 0 Å². The molecule has 5 heteroatoms. The monoisotopic (exact) mass is 303 g/mol. The first kappa shape index (κ1) is 15.4. The van der Waals surface area contributed by atoms with E-state index in [-0.39, 0.29) is 23.3 Å². The van der Waals surface area contributed by atoms with Gasteiger partial charge in [-0.05, 0) is 30.5 Å². The molecular weight excluding hydrogens is 278 g/mol. The molecule has 0 radical (unpaired) electrons. The van der Waals surface area contributed by atoms with E-state index in [4.69, 9.17) is 10.5 Å². The summed E-state index contributed by atoms with van der Waals surface area (Å²) in [5.41, 5.74) is 6.54. The van der Waals surface area contributed by atoms with Crippen LogP contribution >= 0.6 is 0 Å². The van der Waals surface area contributed by atoms with Gasteiger partial charge in [0.25, 0.3) is 0 Å². The molecule has 3 atom stereocenters. The average molecular weight is 303 g/mol. The highest BCUT2D eigenvalue weighted by atomic mass is 16.5. The number of rotatable bonds is 3. The molecule has 0 aromatic carbocycles. The lowest BCUT2D eigenvalue weighted by molar-refractivity contribution is -0.229. The maximum absolute atomic E-state index is 13.1. The molecule has 22 heavy (non-hydrogen) atoms. The van der Waals surface area contributed by atoms with Gasteiger partial charge in [0.1, 0.15) is 5.54 Å². The SMILES string of the molecule is CN(Cc1ccncc1)C(=O)C1(N)C2CCCOC2C1(C)C. The van der Waals surface area contributed by atoms with E-state index in [1.807, 2.05) is 19.2 Å². The van der Waals surface area contributed by atoms with Crippen LogP contribution in [0.1, 0.15) is 32.3 Å². The molecule has 1 aliphatic heterocycles. The molecule has 120 valence electrons. The number of aromatic nitrogens is 1. The van der Waals surface area contributed by atoms with Crippen LogP contribution in [0.15, 0.2) is 24.5 Å². The molecule has 3 rings (SSSR count). The Morgan fingerprint density at radius 3 is 2.82 bits per heavy atom. The minimum absolute atomic E-state index is 0.0149. The minimum Gasteiger partial charge on any atom is -0.377 e. The van der Waals surface area contributed by atoms with Crippen LogP contribution in [0, 0.1) is 11.3 Å². The first-order valence-electron chi connectivity index (χ1n) is 7.94. The quantitative estimate of drug-likeness (QED) is 0.920. The van der Waals surface area contributed by atoms with Crippen LogP contribution in [0.5, 0.6) is 0 Å². The smallest absolute Gasteiger partial charge is 0.243 e. The number of likely N-dealkylation sites (N-methyl/N-ethyl adjacent to an activating group) is 1. The third-order valence-corrected chi connectivity index (χ3v) is 5.55. The van der Waals surface area contributed by atoms with Crippen molar-refractivity contribution in [3.8, 4) is 0 Å². The molecule has 2 fully saturated rings. The largest absolute Gasteiger partial charge is 0.377 e. The molecular formula is C17H25N3O2. The topological polar surface area (TPSA) is 68.5 Å². The Balaban J connectivity index is 1.78. The number of nitrogens with zero attached hydrogens (tertiary/aromatic N) is 2. The van der Waals surface area contributed by atoms with Crippen molar-refractivity contribution < 1.29 is 9.53 Å². The minimum atomic E-state index is -0.833. The Kier molecular flexibility index (Phi) is 3.73. The van der Waals surface area contributed by atoms with Gasteiger partial charge >= 0.3 is 0 Å². The second-order valence-corrected chi connectivity index (χ2v) is 7.15. The zero-order chi connectivity index (χ0) is 16.0. The summed E-state index contributed by atoms with van der Waals surface area (Å²) >= 11 is 0. The number of carbonyl (C=O) groups excluding carboxylic acids is 1. The van der Waals surface area contributed by atoms with Crippen molar-refractivity contribution in [2.45, 2.75) is 44.9 Å². The number of hydrogen-bond donors (Lipinski definition) is 1. The van der Waals surface area contributed by atoms with Crippen molar-refractivity contribution >= 4 is 5.91 Å². The van der Waals surface area contributed by atoms with E-state index in [0.717, 1.165) is 25.0 Å². The highest BCUT2D eigenvalue weighted by Crippen LogP contribution is 2.57. The first-order valence-corrected chi connectivity index (χ1v) is 7.94. The fourth-order valence-electron chi connectivity index (χ4n) is 4.16. The molecule has 1 aromatic rings. The van der Waals surface area contributed by atoms with E-state index < -0.39 is 5.54 Å². The van der Waals surface area contributed by atoms with Crippen molar-refractivity contribution in [3.63, 3.8) is 0 Å². The van der Waals surface area contributed by atoms with Crippen molar-refractivity contribution in [1.29, 1.82) is 0 Å². The van der Waals surface area contributed by atoms with Gasteiger partial charge in [-0.2, -0.15) is 0 Å². The number of ether oxygens (including phenoxy) is 1. The lowest BCUT2D eigenvalue weighted by atomic mass is 9.46. The molecule has 2 heterocycles. The molecule has 0 spiro atoms. The van der Waals surface area contributed by atoms with Gasteiger partial charge in [-0.25, -0.2) is 0 Å². The summed E-state index contributed by atoms with van der Waals surface area (Å²) in [6.45, 7) is 5.44. The summed E-state index contributed by atoms with van der Waals surface area (Å²) in [7, 11) is 1.82. The molecule has 3 unspecified atom stereocenters. The van der Waals surface area contributed by atoms with Gasteiger partial charge < -0.3 is 15.4 Å². The zero-order valence-corrected chi connectivity index (χ0v) is 13.6. The lowest BCUT2D eigenvalue weighted by Gasteiger charge is -2.65. The number of nitrogens with two attached hydrogens (primary N) is 1.